The van der Waals surface area contributed by atoms with Gasteiger partial charge in [0, 0.05) is 5.56 Å². The van der Waals surface area contributed by atoms with Gasteiger partial charge in [-0.1, -0.05) is 53.8 Å². The molecule has 2 heterocycles. The quantitative estimate of drug-likeness (QED) is 0.279. The van der Waals surface area contributed by atoms with Gasteiger partial charge in [0.2, 0.25) is 5.13 Å². The molecule has 0 unspecified atom stereocenters. The summed E-state index contributed by atoms with van der Waals surface area (Å²) in [5.74, 6) is -2.48. The highest BCUT2D eigenvalue weighted by atomic mass is 32.1. The number of rotatable bonds is 3. The number of carbonyl (C=O) groups excluding carboxylic acids is 2. The van der Waals surface area contributed by atoms with Crippen LogP contribution < -0.4 is 4.90 Å². The third-order valence-corrected chi connectivity index (χ3v) is 6.24. The number of ketones is 1. The van der Waals surface area contributed by atoms with Crippen molar-refractivity contribution in [3.8, 4) is 0 Å². The predicted molar refractivity (Wildman–Crippen MR) is 120 cm³/mol. The van der Waals surface area contributed by atoms with E-state index in [0.717, 1.165) is 10.8 Å². The van der Waals surface area contributed by atoms with Gasteiger partial charge in [0.25, 0.3) is 5.78 Å². The first kappa shape index (κ1) is 20.0. The minimum atomic E-state index is -0.918. The van der Waals surface area contributed by atoms with Gasteiger partial charge in [-0.15, -0.1) is 10.2 Å². The number of hydrogen-bond acceptors (Lipinski definition) is 6. The summed E-state index contributed by atoms with van der Waals surface area (Å²) in [6.07, 6.45) is 0. The number of aliphatic hydroxyl groups is 1. The van der Waals surface area contributed by atoms with E-state index in [2.05, 4.69) is 10.2 Å². The average Bonchev–Trinajstić information content (AvgIpc) is 3.34. The van der Waals surface area contributed by atoms with Gasteiger partial charge in [0.1, 0.15) is 16.6 Å². The number of amides is 1. The number of hydrogen-bond donors (Lipinski definition) is 1. The number of aromatic nitrogens is 2. The lowest BCUT2D eigenvalue weighted by atomic mass is 9.92. The summed E-state index contributed by atoms with van der Waals surface area (Å²) < 4.78 is 13.4. The number of benzene rings is 3. The summed E-state index contributed by atoms with van der Waals surface area (Å²) >= 11 is 1.18. The molecule has 0 aliphatic carbocycles. The van der Waals surface area contributed by atoms with E-state index < -0.39 is 23.5 Å². The second-order valence-electron chi connectivity index (χ2n) is 7.35. The van der Waals surface area contributed by atoms with Crippen LogP contribution in [-0.2, 0) is 9.59 Å². The van der Waals surface area contributed by atoms with E-state index in [-0.39, 0.29) is 22.0 Å². The number of carbonyl (C=O) groups is 2. The summed E-state index contributed by atoms with van der Waals surface area (Å²) in [4.78, 5) is 27.6. The van der Waals surface area contributed by atoms with Gasteiger partial charge in [-0.3, -0.25) is 14.5 Å². The molecule has 0 spiro atoms. The highest BCUT2D eigenvalue weighted by Crippen LogP contribution is 2.44. The Morgan fingerprint density at radius 3 is 2.44 bits per heavy atom. The first-order valence-electron chi connectivity index (χ1n) is 9.80. The minimum Gasteiger partial charge on any atom is -0.507 e. The van der Waals surface area contributed by atoms with E-state index in [1.54, 1.807) is 6.92 Å². The van der Waals surface area contributed by atoms with Crippen LogP contribution in [0.3, 0.4) is 0 Å². The molecule has 0 saturated carbocycles. The summed E-state index contributed by atoms with van der Waals surface area (Å²) in [5, 5.41) is 21.8. The lowest BCUT2D eigenvalue weighted by Crippen LogP contribution is -2.29. The van der Waals surface area contributed by atoms with Crippen LogP contribution in [-0.4, -0.2) is 27.0 Å². The van der Waals surface area contributed by atoms with Crippen LogP contribution in [0.1, 0.15) is 22.2 Å². The van der Waals surface area contributed by atoms with Crippen molar-refractivity contribution in [2.24, 2.45) is 0 Å². The van der Waals surface area contributed by atoms with Gasteiger partial charge >= 0.3 is 5.91 Å². The fourth-order valence-electron chi connectivity index (χ4n) is 3.96. The number of Topliss-reactive ketones (excluding diaryl/α,β-unsaturated/α-hetero) is 1. The highest BCUT2D eigenvalue weighted by Gasteiger charge is 2.48. The van der Waals surface area contributed by atoms with Crippen LogP contribution in [0.5, 0.6) is 0 Å². The summed E-state index contributed by atoms with van der Waals surface area (Å²) in [7, 11) is 0. The second kappa shape index (κ2) is 7.65. The SMILES string of the molecule is Cc1nnc(N2C(=O)C(=O)C(=C(O)c3ccc(F)cc3)[C@@H]2c2cccc3ccccc23)s1. The van der Waals surface area contributed by atoms with Gasteiger partial charge in [-0.25, -0.2) is 4.39 Å². The third kappa shape index (κ3) is 3.16. The Morgan fingerprint density at radius 1 is 1.00 bits per heavy atom. The van der Waals surface area contributed by atoms with Gasteiger partial charge in [0.05, 0.1) is 11.6 Å². The zero-order chi connectivity index (χ0) is 22.4. The van der Waals surface area contributed by atoms with E-state index in [9.17, 15) is 19.1 Å². The number of aliphatic hydroxyl groups excluding tert-OH is 1. The molecule has 1 fully saturated rings. The maximum absolute atomic E-state index is 13.4. The van der Waals surface area contributed by atoms with E-state index in [4.69, 9.17) is 0 Å². The van der Waals surface area contributed by atoms with Gasteiger partial charge < -0.3 is 5.11 Å². The fourth-order valence-corrected chi connectivity index (χ4v) is 4.67. The molecule has 8 heteroatoms. The summed E-state index contributed by atoms with van der Waals surface area (Å²) in [6.45, 7) is 1.75. The van der Waals surface area contributed by atoms with Gasteiger partial charge in [-0.2, -0.15) is 0 Å². The number of halogens is 1. The van der Waals surface area contributed by atoms with E-state index >= 15 is 0 Å². The van der Waals surface area contributed by atoms with Crippen molar-refractivity contribution in [3.63, 3.8) is 0 Å². The number of anilines is 1. The van der Waals surface area contributed by atoms with Crippen molar-refractivity contribution < 1.29 is 19.1 Å². The van der Waals surface area contributed by atoms with E-state index in [1.165, 1.54) is 40.5 Å². The van der Waals surface area contributed by atoms with Crippen molar-refractivity contribution >= 4 is 44.7 Å². The van der Waals surface area contributed by atoms with Crippen molar-refractivity contribution in [2.45, 2.75) is 13.0 Å². The van der Waals surface area contributed by atoms with Crippen LogP contribution in [0.25, 0.3) is 16.5 Å². The standard InChI is InChI=1S/C24H16FN3O3S/c1-13-26-27-24(32-13)28-20(18-8-4-6-14-5-2-3-7-17(14)18)19(22(30)23(28)31)21(29)15-9-11-16(25)12-10-15/h2-12,20,29H,1H3/t20-/m0/s1. The topological polar surface area (TPSA) is 83.4 Å². The van der Waals surface area contributed by atoms with Gasteiger partial charge in [-0.05, 0) is 47.5 Å². The second-order valence-corrected chi connectivity index (χ2v) is 8.51. The Kier molecular flexibility index (Phi) is 4.79. The monoisotopic (exact) mass is 445 g/mol. The smallest absolute Gasteiger partial charge is 0.301 e. The molecule has 1 atom stereocenters. The molecule has 0 radical (unpaired) electrons. The minimum absolute atomic E-state index is 0.0779. The maximum Gasteiger partial charge on any atom is 0.301 e. The van der Waals surface area contributed by atoms with Crippen molar-refractivity contribution in [1.82, 2.24) is 10.2 Å². The molecule has 1 aliphatic rings. The normalized spacial score (nSPS) is 17.9. The zero-order valence-electron chi connectivity index (χ0n) is 16.8. The Bertz CT molecular complexity index is 1410. The van der Waals surface area contributed by atoms with E-state index in [1.807, 2.05) is 42.5 Å². The summed E-state index contributed by atoms with van der Waals surface area (Å²) in [5.41, 5.74) is 0.827. The van der Waals surface area contributed by atoms with Crippen LogP contribution in [0, 0.1) is 12.7 Å². The molecule has 1 saturated heterocycles. The molecule has 5 rings (SSSR count). The Morgan fingerprint density at radius 2 is 1.72 bits per heavy atom. The molecule has 0 bridgehead atoms. The molecular formula is C24H16FN3O3S. The molecule has 4 aromatic rings. The van der Waals surface area contributed by atoms with Crippen LogP contribution in [0.4, 0.5) is 9.52 Å². The third-order valence-electron chi connectivity index (χ3n) is 5.40. The van der Waals surface area contributed by atoms with E-state index in [0.29, 0.717) is 10.6 Å². The number of fused-ring (bicyclic) bond motifs is 1. The maximum atomic E-state index is 13.4. The molecule has 3 aromatic carbocycles. The lowest BCUT2D eigenvalue weighted by Gasteiger charge is -2.24. The van der Waals surface area contributed by atoms with Crippen molar-refractivity contribution in [2.75, 3.05) is 4.90 Å². The molecule has 6 nitrogen and oxygen atoms in total. The highest BCUT2D eigenvalue weighted by molar-refractivity contribution is 7.15. The predicted octanol–water partition coefficient (Wildman–Crippen LogP) is 4.77. The number of nitrogens with zero attached hydrogens (tertiary/aromatic N) is 3. The molecule has 1 N–H and O–H groups in total. The van der Waals surface area contributed by atoms with Crippen LogP contribution in [0.15, 0.2) is 72.3 Å². The number of aryl methyl sites for hydroxylation is 1. The van der Waals surface area contributed by atoms with Gasteiger partial charge in [0.15, 0.2) is 0 Å². The Labute approximate surface area is 186 Å². The molecule has 158 valence electrons. The summed E-state index contributed by atoms with van der Waals surface area (Å²) in [6, 6.07) is 17.4. The first-order valence-corrected chi connectivity index (χ1v) is 10.6. The molecule has 1 amide bonds. The van der Waals surface area contributed by atoms with Crippen LogP contribution >= 0.6 is 11.3 Å². The van der Waals surface area contributed by atoms with Crippen molar-refractivity contribution in [3.05, 3.63) is 94.3 Å². The molecular weight excluding hydrogens is 429 g/mol. The Hall–Kier alpha value is -3.91. The first-order chi connectivity index (χ1) is 15.5. The molecule has 1 aromatic heterocycles. The van der Waals surface area contributed by atoms with Crippen LogP contribution in [0.2, 0.25) is 0 Å². The largest absolute Gasteiger partial charge is 0.507 e. The lowest BCUT2D eigenvalue weighted by molar-refractivity contribution is -0.132. The Balaban J connectivity index is 1.80. The molecule has 1 aliphatic heterocycles. The molecule has 32 heavy (non-hydrogen) atoms. The average molecular weight is 445 g/mol. The fraction of sp³-hybridized carbons (Fsp3) is 0.0833. The van der Waals surface area contributed by atoms with Crippen molar-refractivity contribution in [1.29, 1.82) is 0 Å². The zero-order valence-corrected chi connectivity index (χ0v) is 17.6.